The van der Waals surface area contributed by atoms with Crippen molar-refractivity contribution in [1.29, 1.82) is 0 Å². The molecule has 7 aromatic carbocycles. The zero-order valence-electron chi connectivity index (χ0n) is 25.7. The van der Waals surface area contributed by atoms with Crippen LogP contribution in [0.5, 0.6) is 0 Å². The first kappa shape index (κ1) is 27.8. The van der Waals surface area contributed by atoms with E-state index in [0.29, 0.717) is 0 Å². The Balaban J connectivity index is 1.48. The molecule has 0 saturated heterocycles. The van der Waals surface area contributed by atoms with Crippen molar-refractivity contribution in [3.05, 3.63) is 163 Å². The third-order valence-corrected chi connectivity index (χ3v) is 13.3. The van der Waals surface area contributed by atoms with Crippen LogP contribution in [0.25, 0.3) is 43.8 Å². The molecule has 0 N–H and O–H groups in total. The molecule has 0 fully saturated rings. The first-order chi connectivity index (χ1) is 22.1. The van der Waals surface area contributed by atoms with E-state index in [1.165, 1.54) is 49.4 Å². The molecule has 1 nitrogen and oxygen atoms in total. The van der Waals surface area contributed by atoms with Gasteiger partial charge in [0, 0.05) is 21.3 Å². The predicted octanol–water partition coefficient (Wildman–Crippen LogP) is 10.4. The highest BCUT2D eigenvalue weighted by molar-refractivity contribution is 7.85. The lowest BCUT2D eigenvalue weighted by Crippen LogP contribution is -2.29. The largest absolute Gasteiger partial charge is 0.309 e. The van der Waals surface area contributed by atoms with E-state index >= 15 is 4.57 Å². The molecule has 1 aliphatic carbocycles. The van der Waals surface area contributed by atoms with E-state index in [9.17, 15) is 0 Å². The van der Waals surface area contributed by atoms with E-state index < -0.39 is 7.14 Å². The number of benzene rings is 7. The van der Waals surface area contributed by atoms with Crippen molar-refractivity contribution in [3.8, 4) is 22.3 Å². The molecule has 0 unspecified atom stereocenters. The average Bonchev–Trinajstić information content (AvgIpc) is 3.12. The third kappa shape index (κ3) is 3.97. The topological polar surface area (TPSA) is 17.1 Å². The molecule has 1 aliphatic rings. The second-order valence-corrected chi connectivity index (χ2v) is 15.0. The third-order valence-electron chi connectivity index (χ3n) is 10.2. The SMILES string of the molecule is CCC1(CC)c2ccccc2-c2c3ccccc3c(-c3cccc(P(=O)(c4ccccc4)c4ccccc4)c3)c3cccc1c23. The van der Waals surface area contributed by atoms with Gasteiger partial charge in [-0.3, -0.25) is 0 Å². The molecule has 0 bridgehead atoms. The Hall–Kier alpha value is -4.71. The summed E-state index contributed by atoms with van der Waals surface area (Å²) in [5.74, 6) is 0. The van der Waals surface area contributed by atoms with Gasteiger partial charge in [-0.15, -0.1) is 0 Å². The molecule has 0 aliphatic heterocycles. The number of fused-ring (bicyclic) bond motifs is 4. The van der Waals surface area contributed by atoms with Gasteiger partial charge in [0.05, 0.1) is 0 Å². The summed E-state index contributed by atoms with van der Waals surface area (Å²) in [5, 5.41) is 7.65. The molecule has 0 heterocycles. The van der Waals surface area contributed by atoms with Crippen LogP contribution in [0.15, 0.2) is 152 Å². The second-order valence-electron chi connectivity index (χ2n) is 12.2. The van der Waals surface area contributed by atoms with Gasteiger partial charge in [0.15, 0.2) is 7.14 Å². The summed E-state index contributed by atoms with van der Waals surface area (Å²) < 4.78 is 15.4. The highest BCUT2D eigenvalue weighted by Crippen LogP contribution is 2.56. The summed E-state index contributed by atoms with van der Waals surface area (Å²) in [6.07, 6.45) is 2.07. The Morgan fingerprint density at radius 3 is 1.67 bits per heavy atom. The highest BCUT2D eigenvalue weighted by atomic mass is 31.2. The average molecular weight is 599 g/mol. The number of hydrogen-bond acceptors (Lipinski definition) is 1. The molecule has 45 heavy (non-hydrogen) atoms. The van der Waals surface area contributed by atoms with E-state index in [0.717, 1.165) is 34.3 Å². The standard InChI is InChI=1S/C43H35OP/c1-3-43(4-2)38-27-14-13-25-36(38)41-35-24-12-11-23-34(35)40(37-26-16-28-39(43)42(37)41)30-17-15-22-33(29-30)45(44,31-18-7-5-8-19-31)32-20-9-6-10-21-32/h5-29H,3-4H2,1-2H3. The van der Waals surface area contributed by atoms with E-state index in [-0.39, 0.29) is 5.41 Å². The van der Waals surface area contributed by atoms with Crippen LogP contribution in [0.4, 0.5) is 0 Å². The van der Waals surface area contributed by atoms with Crippen molar-refractivity contribution in [1.82, 2.24) is 0 Å². The van der Waals surface area contributed by atoms with Gasteiger partial charge in [0.2, 0.25) is 0 Å². The van der Waals surface area contributed by atoms with E-state index in [1.807, 2.05) is 66.7 Å². The Morgan fingerprint density at radius 1 is 0.489 bits per heavy atom. The van der Waals surface area contributed by atoms with Gasteiger partial charge in [-0.25, -0.2) is 0 Å². The lowest BCUT2D eigenvalue weighted by Gasteiger charge is -2.40. The van der Waals surface area contributed by atoms with Crippen molar-refractivity contribution in [2.24, 2.45) is 0 Å². The summed E-state index contributed by atoms with van der Waals surface area (Å²) in [6, 6.07) is 53.3. The van der Waals surface area contributed by atoms with Crippen molar-refractivity contribution in [2.75, 3.05) is 0 Å². The van der Waals surface area contributed by atoms with Crippen LogP contribution in [0.2, 0.25) is 0 Å². The summed E-state index contributed by atoms with van der Waals surface area (Å²) in [6.45, 7) is 4.67. The molecule has 8 rings (SSSR count). The smallest absolute Gasteiger partial charge is 0.171 e. The summed E-state index contributed by atoms with van der Waals surface area (Å²) in [5.41, 5.74) is 7.78. The Kier molecular flexibility index (Phi) is 6.63. The first-order valence-corrected chi connectivity index (χ1v) is 17.7. The minimum absolute atomic E-state index is 0.0546. The Bertz CT molecular complexity index is 2220. The van der Waals surface area contributed by atoms with Crippen molar-refractivity contribution in [2.45, 2.75) is 32.1 Å². The van der Waals surface area contributed by atoms with Gasteiger partial charge in [-0.05, 0) is 73.8 Å². The van der Waals surface area contributed by atoms with Crippen molar-refractivity contribution < 1.29 is 4.57 Å². The minimum Gasteiger partial charge on any atom is -0.309 e. The summed E-state index contributed by atoms with van der Waals surface area (Å²) in [7, 11) is -3.13. The molecule has 0 aromatic heterocycles. The second kappa shape index (κ2) is 10.7. The molecule has 0 radical (unpaired) electrons. The van der Waals surface area contributed by atoms with Crippen LogP contribution < -0.4 is 15.9 Å². The maximum Gasteiger partial charge on any atom is 0.171 e. The van der Waals surface area contributed by atoms with E-state index in [1.54, 1.807) is 0 Å². The van der Waals surface area contributed by atoms with Gasteiger partial charge < -0.3 is 4.57 Å². The molecular formula is C43H35OP. The van der Waals surface area contributed by atoms with Crippen LogP contribution in [0.1, 0.15) is 37.8 Å². The van der Waals surface area contributed by atoms with E-state index in [4.69, 9.17) is 0 Å². The minimum atomic E-state index is -3.13. The van der Waals surface area contributed by atoms with Crippen LogP contribution in [-0.2, 0) is 9.98 Å². The molecule has 0 amide bonds. The molecule has 7 aromatic rings. The quantitative estimate of drug-likeness (QED) is 0.137. The van der Waals surface area contributed by atoms with Crippen molar-refractivity contribution in [3.63, 3.8) is 0 Å². The predicted molar refractivity (Wildman–Crippen MR) is 193 cm³/mol. The Morgan fingerprint density at radius 2 is 1.00 bits per heavy atom. The molecule has 2 heteroatoms. The molecule has 218 valence electrons. The number of hydrogen-bond donors (Lipinski definition) is 0. The molecular weight excluding hydrogens is 563 g/mol. The van der Waals surface area contributed by atoms with Crippen LogP contribution in [0, 0.1) is 0 Å². The maximum atomic E-state index is 15.4. The lowest BCUT2D eigenvalue weighted by molar-refractivity contribution is 0.481. The van der Waals surface area contributed by atoms with Gasteiger partial charge >= 0.3 is 0 Å². The molecule has 0 atom stereocenters. The fourth-order valence-corrected chi connectivity index (χ4v) is 10.8. The Labute approximate surface area is 265 Å². The van der Waals surface area contributed by atoms with Gasteiger partial charge in [0.25, 0.3) is 0 Å². The van der Waals surface area contributed by atoms with Gasteiger partial charge in [-0.1, -0.05) is 159 Å². The monoisotopic (exact) mass is 598 g/mol. The highest BCUT2D eigenvalue weighted by Gasteiger charge is 2.39. The molecule has 0 saturated carbocycles. The van der Waals surface area contributed by atoms with Gasteiger partial charge in [0.1, 0.15) is 0 Å². The maximum absolute atomic E-state index is 15.4. The summed E-state index contributed by atoms with van der Waals surface area (Å²) in [4.78, 5) is 0. The fourth-order valence-electron chi connectivity index (χ4n) is 8.07. The lowest BCUT2D eigenvalue weighted by atomic mass is 9.62. The first-order valence-electron chi connectivity index (χ1n) is 16.0. The van der Waals surface area contributed by atoms with Gasteiger partial charge in [-0.2, -0.15) is 0 Å². The zero-order chi connectivity index (χ0) is 30.6. The van der Waals surface area contributed by atoms with Crippen LogP contribution in [0.3, 0.4) is 0 Å². The molecule has 0 spiro atoms. The van der Waals surface area contributed by atoms with Crippen molar-refractivity contribution >= 4 is 44.6 Å². The van der Waals surface area contributed by atoms with E-state index in [2.05, 4.69) is 98.8 Å². The van der Waals surface area contributed by atoms with Crippen LogP contribution >= 0.6 is 7.14 Å². The fraction of sp³-hybridized carbons (Fsp3) is 0.116. The number of rotatable bonds is 6. The summed E-state index contributed by atoms with van der Waals surface area (Å²) >= 11 is 0. The normalized spacial score (nSPS) is 13.6. The van der Waals surface area contributed by atoms with Crippen LogP contribution in [-0.4, -0.2) is 0 Å². The zero-order valence-corrected chi connectivity index (χ0v) is 26.6.